The van der Waals surface area contributed by atoms with Gasteiger partial charge in [-0.1, -0.05) is 48.0 Å². The van der Waals surface area contributed by atoms with E-state index < -0.39 is 6.04 Å². The van der Waals surface area contributed by atoms with Gasteiger partial charge in [0, 0.05) is 5.69 Å². The van der Waals surface area contributed by atoms with Gasteiger partial charge in [-0.25, -0.2) is 4.79 Å². The summed E-state index contributed by atoms with van der Waals surface area (Å²) in [5.41, 5.74) is 3.66. The minimum absolute atomic E-state index is 0.286. The van der Waals surface area contributed by atoms with E-state index in [0.717, 1.165) is 22.4 Å². The molecule has 2 aromatic carbocycles. The molecular weight excluding hydrogens is 264 g/mol. The number of hydrogen-bond acceptors (Lipinski definition) is 2. The van der Waals surface area contributed by atoms with Crippen molar-refractivity contribution >= 4 is 17.6 Å². The van der Waals surface area contributed by atoms with Gasteiger partial charge in [-0.15, -0.1) is 0 Å². The molecule has 4 heteroatoms. The smallest absolute Gasteiger partial charge is 0.277 e. The Hall–Kier alpha value is -2.62. The normalized spacial score (nSPS) is 18.0. The topological polar surface area (TPSA) is 49.4 Å². The van der Waals surface area contributed by atoms with Gasteiger partial charge in [0.1, 0.15) is 6.04 Å². The summed E-state index contributed by atoms with van der Waals surface area (Å²) in [6, 6.07) is 14.2. The molecule has 0 aromatic heterocycles. The van der Waals surface area contributed by atoms with Gasteiger partial charge in [-0.05, 0) is 31.0 Å². The van der Waals surface area contributed by atoms with Crippen LogP contribution in [-0.4, -0.2) is 11.9 Å². The number of aryl methyl sites for hydroxylation is 2. The van der Waals surface area contributed by atoms with Crippen molar-refractivity contribution in [1.29, 1.82) is 0 Å². The molecule has 1 saturated heterocycles. The Morgan fingerprint density at radius 2 is 1.71 bits per heavy atom. The van der Waals surface area contributed by atoms with Crippen LogP contribution in [0.1, 0.15) is 22.7 Å². The minimum Gasteiger partial charge on any atom is -0.277 e. The summed E-state index contributed by atoms with van der Waals surface area (Å²) in [6.45, 7) is 3.95. The van der Waals surface area contributed by atoms with E-state index >= 15 is 0 Å². The number of amides is 3. The lowest BCUT2D eigenvalue weighted by Gasteiger charge is -2.24. The number of anilines is 1. The Morgan fingerprint density at radius 1 is 1.00 bits per heavy atom. The summed E-state index contributed by atoms with van der Waals surface area (Å²) < 4.78 is 0. The predicted octanol–water partition coefficient (Wildman–Crippen LogP) is 3.10. The molecule has 106 valence electrons. The molecule has 1 aliphatic heterocycles. The first-order chi connectivity index (χ1) is 10.1. The second kappa shape index (κ2) is 5.05. The van der Waals surface area contributed by atoms with Crippen LogP contribution in [0.3, 0.4) is 0 Å². The maximum atomic E-state index is 12.2. The van der Waals surface area contributed by atoms with Gasteiger partial charge >= 0.3 is 6.03 Å². The van der Waals surface area contributed by atoms with Crippen LogP contribution in [0.15, 0.2) is 48.5 Å². The zero-order chi connectivity index (χ0) is 15.0. The fourth-order valence-electron chi connectivity index (χ4n) is 2.73. The lowest BCUT2D eigenvalue weighted by atomic mass is 10.0. The molecule has 1 N–H and O–H groups in total. The zero-order valence-electron chi connectivity index (χ0n) is 12.0. The van der Waals surface area contributed by atoms with Crippen LogP contribution in [0.2, 0.25) is 0 Å². The highest BCUT2D eigenvalue weighted by Gasteiger charge is 2.40. The average Bonchev–Trinajstić information content (AvgIpc) is 2.74. The number of carbonyl (C=O) groups is 2. The molecule has 3 rings (SSSR count). The van der Waals surface area contributed by atoms with E-state index in [-0.39, 0.29) is 11.9 Å². The van der Waals surface area contributed by atoms with Gasteiger partial charge in [0.05, 0.1) is 0 Å². The molecule has 0 aliphatic carbocycles. The largest absolute Gasteiger partial charge is 0.329 e. The fourth-order valence-corrected chi connectivity index (χ4v) is 2.73. The van der Waals surface area contributed by atoms with Crippen molar-refractivity contribution in [1.82, 2.24) is 5.32 Å². The Morgan fingerprint density at radius 3 is 2.38 bits per heavy atom. The van der Waals surface area contributed by atoms with Gasteiger partial charge < -0.3 is 0 Å². The standard InChI is InChI=1S/C17H16N2O2/c1-11-8-9-14(12(2)10-11)19-15(16(20)18-17(19)21)13-6-4-3-5-7-13/h3-10,15H,1-2H3,(H,18,20,21). The number of rotatable bonds is 2. The number of hydrogen-bond donors (Lipinski definition) is 1. The summed E-state index contributed by atoms with van der Waals surface area (Å²) in [5, 5.41) is 2.40. The van der Waals surface area contributed by atoms with Crippen LogP contribution in [0.25, 0.3) is 0 Å². The number of urea groups is 1. The number of carbonyl (C=O) groups excluding carboxylic acids is 2. The molecule has 1 heterocycles. The summed E-state index contributed by atoms with van der Waals surface area (Å²) in [5.74, 6) is -0.286. The van der Waals surface area contributed by atoms with E-state index in [2.05, 4.69) is 5.32 Å². The molecular formula is C17H16N2O2. The lowest BCUT2D eigenvalue weighted by molar-refractivity contribution is -0.119. The van der Waals surface area contributed by atoms with Crippen LogP contribution >= 0.6 is 0 Å². The van der Waals surface area contributed by atoms with Crippen LogP contribution < -0.4 is 10.2 Å². The molecule has 1 aliphatic rings. The third-order valence-electron chi connectivity index (χ3n) is 3.68. The minimum atomic E-state index is -0.611. The fraction of sp³-hybridized carbons (Fsp3) is 0.176. The highest BCUT2D eigenvalue weighted by molar-refractivity contribution is 6.14. The lowest BCUT2D eigenvalue weighted by Crippen LogP contribution is -2.30. The molecule has 0 radical (unpaired) electrons. The maximum Gasteiger partial charge on any atom is 0.329 e. The third-order valence-corrected chi connectivity index (χ3v) is 3.68. The quantitative estimate of drug-likeness (QED) is 0.859. The maximum absolute atomic E-state index is 12.2. The third kappa shape index (κ3) is 2.29. The predicted molar refractivity (Wildman–Crippen MR) is 81.1 cm³/mol. The second-order valence-corrected chi connectivity index (χ2v) is 5.27. The molecule has 0 bridgehead atoms. The monoisotopic (exact) mass is 280 g/mol. The summed E-state index contributed by atoms with van der Waals surface area (Å²) in [6.07, 6.45) is 0. The van der Waals surface area contributed by atoms with Gasteiger partial charge in [-0.3, -0.25) is 15.0 Å². The molecule has 2 aromatic rings. The van der Waals surface area contributed by atoms with Gasteiger partial charge in [0.15, 0.2) is 0 Å². The Kier molecular flexibility index (Phi) is 3.22. The van der Waals surface area contributed by atoms with Crippen molar-refractivity contribution < 1.29 is 9.59 Å². The molecule has 1 atom stereocenters. The first kappa shape index (κ1) is 13.4. The summed E-state index contributed by atoms with van der Waals surface area (Å²) in [7, 11) is 0. The van der Waals surface area contributed by atoms with E-state index in [4.69, 9.17) is 0 Å². The van der Waals surface area contributed by atoms with Crippen molar-refractivity contribution in [3.63, 3.8) is 0 Å². The SMILES string of the molecule is Cc1ccc(N2C(=O)NC(=O)C2c2ccccc2)c(C)c1. The van der Waals surface area contributed by atoms with E-state index in [0.29, 0.717) is 0 Å². The summed E-state index contributed by atoms with van der Waals surface area (Å²) in [4.78, 5) is 25.9. The van der Waals surface area contributed by atoms with Gasteiger partial charge in [0.25, 0.3) is 5.91 Å². The molecule has 21 heavy (non-hydrogen) atoms. The molecule has 1 fully saturated rings. The van der Waals surface area contributed by atoms with Crippen molar-refractivity contribution in [2.45, 2.75) is 19.9 Å². The highest BCUT2D eigenvalue weighted by Crippen LogP contribution is 2.33. The number of nitrogens with zero attached hydrogens (tertiary/aromatic N) is 1. The van der Waals surface area contributed by atoms with E-state index in [1.807, 2.05) is 62.4 Å². The van der Waals surface area contributed by atoms with Gasteiger partial charge in [0.2, 0.25) is 0 Å². The van der Waals surface area contributed by atoms with Crippen LogP contribution in [0, 0.1) is 13.8 Å². The van der Waals surface area contributed by atoms with Crippen LogP contribution in [0.4, 0.5) is 10.5 Å². The van der Waals surface area contributed by atoms with Crippen molar-refractivity contribution in [2.24, 2.45) is 0 Å². The molecule has 1 unspecified atom stereocenters. The molecule has 3 amide bonds. The Bertz CT molecular complexity index is 710. The Labute approximate surface area is 123 Å². The van der Waals surface area contributed by atoms with Crippen molar-refractivity contribution in [2.75, 3.05) is 4.90 Å². The summed E-state index contributed by atoms with van der Waals surface area (Å²) >= 11 is 0. The second-order valence-electron chi connectivity index (χ2n) is 5.27. The molecule has 0 saturated carbocycles. The number of benzene rings is 2. The molecule has 4 nitrogen and oxygen atoms in total. The first-order valence-electron chi connectivity index (χ1n) is 6.84. The van der Waals surface area contributed by atoms with Crippen LogP contribution in [0.5, 0.6) is 0 Å². The van der Waals surface area contributed by atoms with E-state index in [9.17, 15) is 9.59 Å². The van der Waals surface area contributed by atoms with E-state index in [1.165, 1.54) is 4.90 Å². The molecule has 0 spiro atoms. The van der Waals surface area contributed by atoms with Gasteiger partial charge in [-0.2, -0.15) is 0 Å². The number of imide groups is 1. The number of nitrogens with one attached hydrogen (secondary N) is 1. The average molecular weight is 280 g/mol. The first-order valence-corrected chi connectivity index (χ1v) is 6.84. The van der Waals surface area contributed by atoms with Crippen LogP contribution in [-0.2, 0) is 4.79 Å². The Balaban J connectivity index is 2.10. The van der Waals surface area contributed by atoms with Crippen molar-refractivity contribution in [3.05, 3.63) is 65.2 Å². The van der Waals surface area contributed by atoms with Crippen molar-refractivity contribution in [3.8, 4) is 0 Å². The van der Waals surface area contributed by atoms with E-state index in [1.54, 1.807) is 0 Å². The zero-order valence-corrected chi connectivity index (χ0v) is 12.0. The highest BCUT2D eigenvalue weighted by atomic mass is 16.2.